The van der Waals surface area contributed by atoms with Crippen LogP contribution < -0.4 is 20.5 Å². The monoisotopic (exact) mass is 421 g/mol. The standard InChI is InChI=1S/C19H14Cl2FN3O3/c20-13-3-2-12(8-14(13)21)28-16-4-1-11(7-15(16)22)10-27-18-9-17-23-5-6-25(17)19(26)24-18/h1-4,7-9,23H,5-6,10H2. The van der Waals surface area contributed by atoms with Crippen LogP contribution in [0.25, 0.3) is 0 Å². The van der Waals surface area contributed by atoms with Gasteiger partial charge in [0.05, 0.1) is 10.0 Å². The fraction of sp³-hybridized carbons (Fsp3) is 0.158. The molecule has 3 aromatic rings. The summed E-state index contributed by atoms with van der Waals surface area (Å²) >= 11 is 11.8. The molecule has 0 spiro atoms. The maximum Gasteiger partial charge on any atom is 0.352 e. The Hall–Kier alpha value is -2.77. The van der Waals surface area contributed by atoms with E-state index in [2.05, 4.69) is 10.3 Å². The van der Waals surface area contributed by atoms with Gasteiger partial charge >= 0.3 is 5.69 Å². The van der Waals surface area contributed by atoms with Crippen LogP contribution in [0, 0.1) is 5.82 Å². The fourth-order valence-electron chi connectivity index (χ4n) is 2.76. The van der Waals surface area contributed by atoms with Crippen LogP contribution in [0.5, 0.6) is 17.4 Å². The van der Waals surface area contributed by atoms with Crippen molar-refractivity contribution in [3.05, 3.63) is 74.4 Å². The third kappa shape index (κ3) is 3.90. The molecular formula is C19H14Cl2FN3O3. The number of anilines is 1. The summed E-state index contributed by atoms with van der Waals surface area (Å²) in [7, 11) is 0. The number of halogens is 3. The molecule has 0 bridgehead atoms. The van der Waals surface area contributed by atoms with Crippen LogP contribution in [0.1, 0.15) is 5.56 Å². The van der Waals surface area contributed by atoms with Crippen LogP contribution >= 0.6 is 23.2 Å². The second-order valence-corrected chi connectivity index (χ2v) is 6.89. The van der Waals surface area contributed by atoms with Gasteiger partial charge in [0.1, 0.15) is 18.2 Å². The Balaban J connectivity index is 1.45. The number of ether oxygens (including phenoxy) is 2. The Morgan fingerprint density at radius 1 is 1.14 bits per heavy atom. The largest absolute Gasteiger partial charge is 0.473 e. The van der Waals surface area contributed by atoms with Crippen LogP contribution in [-0.4, -0.2) is 16.1 Å². The molecule has 4 rings (SSSR count). The molecule has 1 aliphatic rings. The molecule has 6 nitrogen and oxygen atoms in total. The third-order valence-corrected chi connectivity index (χ3v) is 4.87. The van der Waals surface area contributed by atoms with Crippen molar-refractivity contribution in [2.45, 2.75) is 13.2 Å². The van der Waals surface area contributed by atoms with Gasteiger partial charge in [-0.3, -0.25) is 4.57 Å². The first-order valence-corrected chi connectivity index (χ1v) is 9.15. The number of hydrogen-bond acceptors (Lipinski definition) is 5. The molecule has 1 N–H and O–H groups in total. The van der Waals surface area contributed by atoms with E-state index in [1.165, 1.54) is 22.8 Å². The highest BCUT2D eigenvalue weighted by Gasteiger charge is 2.14. The first-order chi connectivity index (χ1) is 13.5. The number of nitrogens with zero attached hydrogens (tertiary/aromatic N) is 2. The van der Waals surface area contributed by atoms with Gasteiger partial charge in [-0.1, -0.05) is 29.3 Å². The zero-order chi connectivity index (χ0) is 19.7. The van der Waals surface area contributed by atoms with Gasteiger partial charge in [0.15, 0.2) is 11.6 Å². The SMILES string of the molecule is O=c1nc(OCc2ccc(Oc3ccc(Cl)c(Cl)c3)c(F)c2)cc2n1CCN2. The van der Waals surface area contributed by atoms with Crippen LogP contribution in [0.15, 0.2) is 47.3 Å². The maximum atomic E-state index is 14.4. The van der Waals surface area contributed by atoms with Crippen molar-refractivity contribution in [3.8, 4) is 17.4 Å². The average Bonchev–Trinajstić information content (AvgIpc) is 3.14. The summed E-state index contributed by atoms with van der Waals surface area (Å²) in [5.74, 6) is 0.692. The minimum Gasteiger partial charge on any atom is -0.473 e. The molecule has 28 heavy (non-hydrogen) atoms. The molecule has 0 radical (unpaired) electrons. The van der Waals surface area contributed by atoms with E-state index >= 15 is 0 Å². The molecule has 0 amide bonds. The lowest BCUT2D eigenvalue weighted by molar-refractivity contribution is 0.290. The smallest absolute Gasteiger partial charge is 0.352 e. The Morgan fingerprint density at radius 3 is 2.79 bits per heavy atom. The van der Waals surface area contributed by atoms with E-state index in [0.29, 0.717) is 40.3 Å². The van der Waals surface area contributed by atoms with Crippen molar-refractivity contribution in [2.75, 3.05) is 11.9 Å². The third-order valence-electron chi connectivity index (χ3n) is 4.13. The maximum absolute atomic E-state index is 14.4. The van der Waals surface area contributed by atoms with Gasteiger partial charge in [0, 0.05) is 25.2 Å². The normalized spacial score (nSPS) is 12.4. The van der Waals surface area contributed by atoms with Crippen LogP contribution in [-0.2, 0) is 13.2 Å². The summed E-state index contributed by atoms with van der Waals surface area (Å²) in [5.41, 5.74) is 0.184. The molecule has 0 atom stereocenters. The molecule has 0 saturated carbocycles. The van der Waals surface area contributed by atoms with Gasteiger partial charge in [0.2, 0.25) is 5.88 Å². The molecular weight excluding hydrogens is 408 g/mol. The lowest BCUT2D eigenvalue weighted by atomic mass is 10.2. The molecule has 0 unspecified atom stereocenters. The minimum absolute atomic E-state index is 0.0419. The quantitative estimate of drug-likeness (QED) is 0.657. The Labute approximate surface area is 169 Å². The van der Waals surface area contributed by atoms with E-state index in [9.17, 15) is 9.18 Å². The Morgan fingerprint density at radius 2 is 2.00 bits per heavy atom. The summed E-state index contributed by atoms with van der Waals surface area (Å²) in [6.45, 7) is 1.30. The second-order valence-electron chi connectivity index (χ2n) is 6.07. The zero-order valence-electron chi connectivity index (χ0n) is 14.4. The number of fused-ring (bicyclic) bond motifs is 1. The summed E-state index contributed by atoms with van der Waals surface area (Å²) in [4.78, 5) is 15.8. The first-order valence-electron chi connectivity index (χ1n) is 8.39. The molecule has 2 aromatic carbocycles. The van der Waals surface area contributed by atoms with E-state index < -0.39 is 5.82 Å². The Bertz CT molecular complexity index is 1100. The van der Waals surface area contributed by atoms with E-state index in [0.717, 1.165) is 0 Å². The predicted molar refractivity (Wildman–Crippen MR) is 104 cm³/mol. The van der Waals surface area contributed by atoms with Gasteiger partial charge < -0.3 is 14.8 Å². The van der Waals surface area contributed by atoms with Gasteiger partial charge in [-0.25, -0.2) is 9.18 Å². The number of aromatic nitrogens is 2. The van der Waals surface area contributed by atoms with E-state index in [4.69, 9.17) is 32.7 Å². The molecule has 0 aliphatic carbocycles. The average molecular weight is 422 g/mol. The van der Waals surface area contributed by atoms with Gasteiger partial charge in [-0.05, 0) is 29.8 Å². The molecule has 144 valence electrons. The highest BCUT2D eigenvalue weighted by atomic mass is 35.5. The second kappa shape index (κ2) is 7.69. The Kier molecular flexibility index (Phi) is 5.11. The molecule has 9 heteroatoms. The van der Waals surface area contributed by atoms with Crippen LogP contribution in [0.2, 0.25) is 10.0 Å². The van der Waals surface area contributed by atoms with Gasteiger partial charge in [0.25, 0.3) is 0 Å². The van der Waals surface area contributed by atoms with Crippen molar-refractivity contribution in [1.29, 1.82) is 0 Å². The summed E-state index contributed by atoms with van der Waals surface area (Å²) in [6, 6.07) is 10.8. The highest BCUT2D eigenvalue weighted by molar-refractivity contribution is 6.42. The van der Waals surface area contributed by atoms with Crippen LogP contribution in [0.4, 0.5) is 10.2 Å². The zero-order valence-corrected chi connectivity index (χ0v) is 15.9. The van der Waals surface area contributed by atoms with Crippen molar-refractivity contribution < 1.29 is 13.9 Å². The summed E-state index contributed by atoms with van der Waals surface area (Å²) < 4.78 is 26.9. The van der Waals surface area contributed by atoms with Crippen molar-refractivity contribution in [1.82, 2.24) is 9.55 Å². The van der Waals surface area contributed by atoms with Gasteiger partial charge in [-0.2, -0.15) is 4.98 Å². The number of hydrogen-bond donors (Lipinski definition) is 1. The van der Waals surface area contributed by atoms with E-state index in [-0.39, 0.29) is 23.9 Å². The lowest BCUT2D eigenvalue weighted by Crippen LogP contribution is -2.21. The van der Waals surface area contributed by atoms with E-state index in [1.807, 2.05) is 0 Å². The van der Waals surface area contributed by atoms with Gasteiger partial charge in [-0.15, -0.1) is 0 Å². The number of rotatable bonds is 5. The molecule has 0 fully saturated rings. The van der Waals surface area contributed by atoms with Crippen molar-refractivity contribution in [3.63, 3.8) is 0 Å². The fourth-order valence-corrected chi connectivity index (χ4v) is 3.05. The molecule has 1 aromatic heterocycles. The van der Waals surface area contributed by atoms with Crippen molar-refractivity contribution in [2.24, 2.45) is 0 Å². The number of benzene rings is 2. The van der Waals surface area contributed by atoms with Crippen molar-refractivity contribution >= 4 is 29.0 Å². The van der Waals surface area contributed by atoms with Crippen LogP contribution in [0.3, 0.4) is 0 Å². The molecule has 1 aliphatic heterocycles. The highest BCUT2D eigenvalue weighted by Crippen LogP contribution is 2.31. The summed E-state index contributed by atoms with van der Waals surface area (Å²) in [6.07, 6.45) is 0. The van der Waals surface area contributed by atoms with E-state index in [1.54, 1.807) is 24.3 Å². The topological polar surface area (TPSA) is 65.4 Å². The minimum atomic E-state index is -0.559. The lowest BCUT2D eigenvalue weighted by Gasteiger charge is -2.10. The number of nitrogens with one attached hydrogen (secondary N) is 1. The predicted octanol–water partition coefficient (Wildman–Crippen LogP) is 4.49. The molecule has 0 saturated heterocycles. The molecule has 2 heterocycles. The summed E-state index contributed by atoms with van der Waals surface area (Å²) in [5, 5.41) is 3.78. The first kappa shape index (κ1) is 18.6.